The quantitative estimate of drug-likeness (QED) is 0.238. The summed E-state index contributed by atoms with van der Waals surface area (Å²) in [4.78, 5) is 41.0. The molecule has 5 nitrogen and oxygen atoms in total. The second kappa shape index (κ2) is 10.6. The van der Waals surface area contributed by atoms with Crippen LogP contribution in [0.3, 0.4) is 0 Å². The number of para-hydroxylation sites is 2. The molecular weight excluding hydrogens is 438 g/mol. The molecule has 0 spiro atoms. The number of esters is 1. The van der Waals surface area contributed by atoms with E-state index in [1.54, 1.807) is 29.2 Å². The minimum atomic E-state index is -0.728. The van der Waals surface area contributed by atoms with Crippen LogP contribution in [0.25, 0.3) is 0 Å². The summed E-state index contributed by atoms with van der Waals surface area (Å²) < 4.78 is 5.36. The van der Waals surface area contributed by atoms with Crippen LogP contribution in [-0.4, -0.2) is 24.3 Å². The molecule has 0 saturated heterocycles. The van der Waals surface area contributed by atoms with E-state index in [0.29, 0.717) is 16.9 Å². The van der Waals surface area contributed by atoms with Crippen molar-refractivity contribution in [3.8, 4) is 0 Å². The number of amides is 1. The number of benzene rings is 4. The topological polar surface area (TPSA) is 63.7 Å². The van der Waals surface area contributed by atoms with Crippen molar-refractivity contribution in [3.05, 3.63) is 131 Å². The Kier molecular flexibility index (Phi) is 7.17. The lowest BCUT2D eigenvalue weighted by atomic mass is 10.0. The number of nitrogens with zero attached hydrogens (tertiary/aromatic N) is 1. The van der Waals surface area contributed by atoms with Crippen molar-refractivity contribution in [1.82, 2.24) is 0 Å². The van der Waals surface area contributed by atoms with Gasteiger partial charge in [0.25, 0.3) is 5.91 Å². The second-order valence-electron chi connectivity index (χ2n) is 8.17. The molecule has 0 N–H and O–H groups in total. The summed E-state index contributed by atoms with van der Waals surface area (Å²) in [6.45, 7) is 3.33. The van der Waals surface area contributed by atoms with Crippen LogP contribution in [0.15, 0.2) is 103 Å². The van der Waals surface area contributed by atoms with Crippen molar-refractivity contribution in [3.63, 3.8) is 0 Å². The number of carbonyl (C=O) groups is 3. The van der Waals surface area contributed by atoms with Gasteiger partial charge in [-0.1, -0.05) is 66.2 Å². The molecule has 0 fully saturated rings. The van der Waals surface area contributed by atoms with E-state index in [9.17, 15) is 14.4 Å². The van der Waals surface area contributed by atoms with Crippen LogP contribution in [-0.2, 0) is 4.74 Å². The summed E-state index contributed by atoms with van der Waals surface area (Å²) in [6.07, 6.45) is 0. The van der Waals surface area contributed by atoms with E-state index in [1.807, 2.05) is 86.6 Å². The molecule has 0 aliphatic carbocycles. The van der Waals surface area contributed by atoms with E-state index in [4.69, 9.17) is 4.74 Å². The van der Waals surface area contributed by atoms with Crippen LogP contribution < -0.4 is 4.90 Å². The number of anilines is 2. The van der Waals surface area contributed by atoms with E-state index >= 15 is 0 Å². The predicted octanol–water partition coefficient (Wildman–Crippen LogP) is 6.32. The molecule has 0 atom stereocenters. The van der Waals surface area contributed by atoms with Gasteiger partial charge in [0.2, 0.25) is 5.78 Å². The standard InChI is InChI=1S/C30H25NO4/c1-21-17-18-22(2)27(19-21)28(32)20-35-30(34)26-16-10-9-15-25(26)29(33)31(23-11-5-3-6-12-23)24-13-7-4-8-14-24/h3-19H,20H2,1-2H3. The highest BCUT2D eigenvalue weighted by Gasteiger charge is 2.25. The molecular formula is C30H25NO4. The third-order valence-electron chi connectivity index (χ3n) is 5.64. The normalized spacial score (nSPS) is 10.5. The zero-order valence-corrected chi connectivity index (χ0v) is 19.6. The van der Waals surface area contributed by atoms with Gasteiger partial charge in [-0.05, 0) is 61.9 Å². The van der Waals surface area contributed by atoms with Gasteiger partial charge in [-0.25, -0.2) is 4.79 Å². The number of ketones is 1. The van der Waals surface area contributed by atoms with Crippen LogP contribution in [0, 0.1) is 13.8 Å². The first-order valence-corrected chi connectivity index (χ1v) is 11.3. The predicted molar refractivity (Wildman–Crippen MR) is 136 cm³/mol. The smallest absolute Gasteiger partial charge is 0.339 e. The molecule has 4 aromatic carbocycles. The van der Waals surface area contributed by atoms with E-state index in [2.05, 4.69) is 0 Å². The van der Waals surface area contributed by atoms with Crippen molar-refractivity contribution in [2.24, 2.45) is 0 Å². The average Bonchev–Trinajstić information content (AvgIpc) is 2.90. The Hall–Kier alpha value is -4.51. The summed E-state index contributed by atoms with van der Waals surface area (Å²) in [5.41, 5.74) is 3.89. The van der Waals surface area contributed by atoms with E-state index in [-0.39, 0.29) is 22.8 Å². The highest BCUT2D eigenvalue weighted by Crippen LogP contribution is 2.28. The number of carbonyl (C=O) groups excluding carboxylic acids is 3. The monoisotopic (exact) mass is 463 g/mol. The largest absolute Gasteiger partial charge is 0.454 e. The lowest BCUT2D eigenvalue weighted by molar-refractivity contribution is 0.0472. The van der Waals surface area contributed by atoms with Gasteiger partial charge in [-0.15, -0.1) is 0 Å². The third-order valence-corrected chi connectivity index (χ3v) is 5.64. The summed E-state index contributed by atoms with van der Waals surface area (Å²) in [6, 6.07) is 30.5. The Balaban J connectivity index is 1.61. The number of Topliss-reactive ketones (excluding diaryl/α,β-unsaturated/α-hetero) is 1. The Morgan fingerprint density at radius 3 is 1.80 bits per heavy atom. The molecule has 0 bridgehead atoms. The van der Waals surface area contributed by atoms with Gasteiger partial charge in [0.1, 0.15) is 0 Å². The lowest BCUT2D eigenvalue weighted by Crippen LogP contribution is -2.28. The van der Waals surface area contributed by atoms with Crippen LogP contribution in [0.4, 0.5) is 11.4 Å². The SMILES string of the molecule is Cc1ccc(C)c(C(=O)COC(=O)c2ccccc2C(=O)N(c2ccccc2)c2ccccc2)c1. The van der Waals surface area contributed by atoms with Gasteiger partial charge in [-0.3, -0.25) is 14.5 Å². The molecule has 4 aromatic rings. The molecule has 0 aromatic heterocycles. The first kappa shape index (κ1) is 23.6. The highest BCUT2D eigenvalue weighted by atomic mass is 16.5. The number of hydrogen-bond donors (Lipinski definition) is 0. The van der Waals surface area contributed by atoms with E-state index in [0.717, 1.165) is 11.1 Å². The summed E-state index contributed by atoms with van der Waals surface area (Å²) in [5.74, 6) is -1.40. The highest BCUT2D eigenvalue weighted by molar-refractivity contribution is 6.15. The Labute approximate surface area is 204 Å². The van der Waals surface area contributed by atoms with Crippen LogP contribution in [0.1, 0.15) is 42.2 Å². The fourth-order valence-electron chi connectivity index (χ4n) is 3.83. The van der Waals surface area contributed by atoms with Crippen molar-refractivity contribution in [1.29, 1.82) is 0 Å². The maximum Gasteiger partial charge on any atom is 0.339 e. The molecule has 0 aliphatic heterocycles. The molecule has 0 unspecified atom stereocenters. The van der Waals surface area contributed by atoms with E-state index < -0.39 is 12.6 Å². The maximum atomic E-state index is 13.8. The minimum absolute atomic E-state index is 0.100. The number of aryl methyl sites for hydroxylation is 2. The van der Waals surface area contributed by atoms with Gasteiger partial charge in [0, 0.05) is 16.9 Å². The molecule has 0 saturated carbocycles. The first-order chi connectivity index (χ1) is 17.0. The van der Waals surface area contributed by atoms with Crippen molar-refractivity contribution in [2.45, 2.75) is 13.8 Å². The van der Waals surface area contributed by atoms with Crippen LogP contribution in [0.2, 0.25) is 0 Å². The van der Waals surface area contributed by atoms with Crippen molar-refractivity contribution in [2.75, 3.05) is 11.5 Å². The maximum absolute atomic E-state index is 13.8. The van der Waals surface area contributed by atoms with Gasteiger partial charge >= 0.3 is 5.97 Å². The lowest BCUT2D eigenvalue weighted by Gasteiger charge is -2.24. The van der Waals surface area contributed by atoms with Crippen LogP contribution >= 0.6 is 0 Å². The minimum Gasteiger partial charge on any atom is -0.454 e. The molecule has 174 valence electrons. The van der Waals surface area contributed by atoms with E-state index in [1.165, 1.54) is 6.07 Å². The second-order valence-corrected chi connectivity index (χ2v) is 8.17. The molecule has 1 amide bonds. The van der Waals surface area contributed by atoms with Crippen molar-refractivity contribution >= 4 is 29.0 Å². The number of hydrogen-bond acceptors (Lipinski definition) is 4. The fraction of sp³-hybridized carbons (Fsp3) is 0.100. The average molecular weight is 464 g/mol. The number of ether oxygens (including phenoxy) is 1. The Morgan fingerprint density at radius 1 is 0.657 bits per heavy atom. The van der Waals surface area contributed by atoms with Gasteiger partial charge in [0.15, 0.2) is 6.61 Å². The Morgan fingerprint density at radius 2 is 1.20 bits per heavy atom. The summed E-state index contributed by atoms with van der Waals surface area (Å²) in [7, 11) is 0. The molecule has 0 radical (unpaired) electrons. The molecule has 0 aliphatic rings. The summed E-state index contributed by atoms with van der Waals surface area (Å²) >= 11 is 0. The molecule has 0 heterocycles. The van der Waals surface area contributed by atoms with Crippen molar-refractivity contribution < 1.29 is 19.1 Å². The molecule has 4 rings (SSSR count). The fourth-order valence-corrected chi connectivity index (χ4v) is 3.83. The first-order valence-electron chi connectivity index (χ1n) is 11.3. The third kappa shape index (κ3) is 5.36. The summed E-state index contributed by atoms with van der Waals surface area (Å²) in [5, 5.41) is 0. The number of rotatable bonds is 7. The molecule has 35 heavy (non-hydrogen) atoms. The zero-order valence-electron chi connectivity index (χ0n) is 19.6. The van der Waals surface area contributed by atoms with Gasteiger partial charge < -0.3 is 4.74 Å². The zero-order chi connectivity index (χ0) is 24.8. The molecule has 5 heteroatoms. The van der Waals surface area contributed by atoms with Gasteiger partial charge in [-0.2, -0.15) is 0 Å². The van der Waals surface area contributed by atoms with Crippen LogP contribution in [0.5, 0.6) is 0 Å². The van der Waals surface area contributed by atoms with Gasteiger partial charge in [0.05, 0.1) is 11.1 Å². The Bertz CT molecular complexity index is 1320.